The average molecular weight is 639 g/mol. The lowest BCUT2D eigenvalue weighted by molar-refractivity contribution is -0.128. The zero-order chi connectivity index (χ0) is 25.1. The van der Waals surface area contributed by atoms with E-state index in [9.17, 15) is 9.59 Å². The second-order valence-electron chi connectivity index (χ2n) is 7.67. The maximum Gasteiger partial charge on any atom is 0.260 e. The first-order chi connectivity index (χ1) is 16.2. The summed E-state index contributed by atoms with van der Waals surface area (Å²) in [4.78, 5) is 24.4. The van der Waals surface area contributed by atoms with Crippen LogP contribution in [0, 0.1) is 0 Å². The number of rotatable bonds is 13. The molecule has 0 radical (unpaired) electrons. The highest BCUT2D eigenvalue weighted by atomic mass is 79.9. The van der Waals surface area contributed by atoms with Gasteiger partial charge in [-0.2, -0.15) is 0 Å². The predicted molar refractivity (Wildman–Crippen MR) is 143 cm³/mol. The van der Waals surface area contributed by atoms with Crippen LogP contribution in [0.5, 0.6) is 11.5 Å². The van der Waals surface area contributed by atoms with Crippen LogP contribution in [0.2, 0.25) is 10.0 Å². The minimum Gasteiger partial charge on any atom is -0.480 e. The van der Waals surface area contributed by atoms with Crippen molar-refractivity contribution in [2.75, 3.05) is 13.1 Å². The van der Waals surface area contributed by atoms with Crippen molar-refractivity contribution in [1.82, 2.24) is 10.6 Å². The van der Waals surface area contributed by atoms with Crippen molar-refractivity contribution in [3.05, 3.63) is 55.4 Å². The van der Waals surface area contributed by atoms with Crippen LogP contribution in [0.15, 0.2) is 45.3 Å². The van der Waals surface area contributed by atoms with E-state index in [4.69, 9.17) is 32.7 Å². The smallest absolute Gasteiger partial charge is 0.260 e. The summed E-state index contributed by atoms with van der Waals surface area (Å²) in [5.74, 6) is 0.787. The number of ether oxygens (including phenoxy) is 2. The van der Waals surface area contributed by atoms with Crippen molar-refractivity contribution in [3.63, 3.8) is 0 Å². The molecule has 6 nitrogen and oxygen atoms in total. The Bertz CT molecular complexity index is 900. The Hall–Kier alpha value is -1.48. The lowest BCUT2D eigenvalue weighted by Crippen LogP contribution is -2.37. The van der Waals surface area contributed by atoms with E-state index in [1.54, 1.807) is 50.2 Å². The maximum atomic E-state index is 12.2. The molecule has 0 heterocycles. The molecule has 2 unspecified atom stereocenters. The van der Waals surface area contributed by atoms with Crippen molar-refractivity contribution in [2.45, 2.75) is 51.7 Å². The quantitative estimate of drug-likeness (QED) is 0.244. The van der Waals surface area contributed by atoms with Crippen molar-refractivity contribution in [1.29, 1.82) is 0 Å². The number of amides is 2. The second-order valence-corrected chi connectivity index (χ2v) is 10.2. The van der Waals surface area contributed by atoms with Crippen LogP contribution < -0.4 is 20.1 Å². The Morgan fingerprint density at radius 2 is 1.15 bits per heavy atom. The predicted octanol–water partition coefficient (Wildman–Crippen LogP) is 6.55. The molecule has 0 bridgehead atoms. The largest absolute Gasteiger partial charge is 0.480 e. The van der Waals surface area contributed by atoms with Crippen molar-refractivity contribution >= 4 is 66.9 Å². The molecular weight excluding hydrogens is 611 g/mol. The second kappa shape index (κ2) is 14.8. The number of nitrogens with one attached hydrogen (secondary N) is 2. The van der Waals surface area contributed by atoms with Gasteiger partial charge in [0.05, 0.1) is 8.95 Å². The zero-order valence-corrected chi connectivity index (χ0v) is 23.7. The Morgan fingerprint density at radius 3 is 1.50 bits per heavy atom. The molecule has 0 fully saturated rings. The van der Waals surface area contributed by atoms with E-state index in [0.717, 1.165) is 25.7 Å². The summed E-state index contributed by atoms with van der Waals surface area (Å²) in [5.41, 5.74) is 0. The summed E-state index contributed by atoms with van der Waals surface area (Å²) in [6, 6.07) is 10.3. The Kier molecular flexibility index (Phi) is 12.5. The topological polar surface area (TPSA) is 76.7 Å². The molecular formula is C24H28Br2Cl2N2O4. The third-order valence-electron chi connectivity index (χ3n) is 4.84. The summed E-state index contributed by atoms with van der Waals surface area (Å²) in [5, 5.41) is 6.95. The molecule has 2 atom stereocenters. The molecule has 2 aromatic carbocycles. The van der Waals surface area contributed by atoms with Crippen LogP contribution in [0.3, 0.4) is 0 Å². The lowest BCUT2D eigenvalue weighted by Gasteiger charge is -2.16. The molecule has 0 spiro atoms. The first kappa shape index (κ1) is 28.8. The van der Waals surface area contributed by atoms with Gasteiger partial charge in [0.25, 0.3) is 11.8 Å². The van der Waals surface area contributed by atoms with Gasteiger partial charge < -0.3 is 20.1 Å². The van der Waals surface area contributed by atoms with Crippen molar-refractivity contribution < 1.29 is 19.1 Å². The van der Waals surface area contributed by atoms with E-state index in [2.05, 4.69) is 42.5 Å². The third kappa shape index (κ3) is 10.0. The Balaban J connectivity index is 1.54. The van der Waals surface area contributed by atoms with Gasteiger partial charge >= 0.3 is 0 Å². The number of carbonyl (C=O) groups is 2. The van der Waals surface area contributed by atoms with Crippen LogP contribution in [0.25, 0.3) is 0 Å². The van der Waals surface area contributed by atoms with E-state index in [1.807, 2.05) is 0 Å². The van der Waals surface area contributed by atoms with Gasteiger partial charge in [-0.1, -0.05) is 36.0 Å². The fraction of sp³-hybridized carbons (Fsp3) is 0.417. The monoisotopic (exact) mass is 636 g/mol. The van der Waals surface area contributed by atoms with Crippen LogP contribution in [-0.2, 0) is 9.59 Å². The summed E-state index contributed by atoms with van der Waals surface area (Å²) in [6.07, 6.45) is 2.34. The molecule has 34 heavy (non-hydrogen) atoms. The van der Waals surface area contributed by atoms with E-state index in [1.165, 1.54) is 0 Å². The van der Waals surface area contributed by atoms with Crippen LogP contribution in [-0.4, -0.2) is 37.1 Å². The molecule has 0 aliphatic heterocycles. The standard InChI is InChI=1S/C24H28Br2Cl2N2O4/c1-15(33-21-9-7-17(27)13-19(21)25)23(31)29-11-5-3-4-6-12-30-24(32)16(2)34-22-10-8-18(28)14-20(22)26/h7-10,13-16H,3-6,11-12H2,1-2H3,(H,29,31)(H,30,32). The van der Waals surface area contributed by atoms with Gasteiger partial charge in [-0.05, 0) is 94.9 Å². The van der Waals surface area contributed by atoms with Crippen LogP contribution >= 0.6 is 55.1 Å². The van der Waals surface area contributed by atoms with Crippen LogP contribution in [0.4, 0.5) is 0 Å². The SMILES string of the molecule is CC(Oc1ccc(Cl)cc1Br)C(=O)NCCCCCCNC(=O)C(C)Oc1ccc(Cl)cc1Br. The van der Waals surface area contributed by atoms with E-state index in [0.29, 0.717) is 43.6 Å². The van der Waals surface area contributed by atoms with Gasteiger partial charge in [0.15, 0.2) is 12.2 Å². The first-order valence-electron chi connectivity index (χ1n) is 11.0. The minimum atomic E-state index is -0.620. The molecule has 2 N–H and O–H groups in total. The Morgan fingerprint density at radius 1 is 0.765 bits per heavy atom. The lowest BCUT2D eigenvalue weighted by atomic mass is 10.2. The molecule has 2 amide bonds. The molecule has 10 heteroatoms. The van der Waals surface area contributed by atoms with E-state index >= 15 is 0 Å². The molecule has 0 aliphatic carbocycles. The maximum absolute atomic E-state index is 12.2. The molecule has 186 valence electrons. The fourth-order valence-corrected chi connectivity index (χ4v) is 4.50. The highest BCUT2D eigenvalue weighted by Crippen LogP contribution is 2.29. The van der Waals surface area contributed by atoms with Gasteiger partial charge in [0, 0.05) is 23.1 Å². The normalized spacial score (nSPS) is 12.5. The summed E-state index contributed by atoms with van der Waals surface area (Å²) in [6.45, 7) is 4.55. The average Bonchev–Trinajstić information content (AvgIpc) is 2.78. The van der Waals surface area contributed by atoms with Crippen molar-refractivity contribution in [3.8, 4) is 11.5 Å². The number of benzene rings is 2. The van der Waals surface area contributed by atoms with Gasteiger partial charge in [-0.25, -0.2) is 0 Å². The molecule has 0 saturated heterocycles. The van der Waals surface area contributed by atoms with E-state index < -0.39 is 12.2 Å². The highest BCUT2D eigenvalue weighted by molar-refractivity contribution is 9.10. The number of hydrogen-bond donors (Lipinski definition) is 2. The van der Waals surface area contributed by atoms with Gasteiger partial charge in [0.1, 0.15) is 11.5 Å². The Labute approximate surface area is 227 Å². The number of carbonyl (C=O) groups excluding carboxylic acids is 2. The van der Waals surface area contributed by atoms with Gasteiger partial charge in [-0.15, -0.1) is 0 Å². The van der Waals surface area contributed by atoms with Gasteiger partial charge in [0.2, 0.25) is 0 Å². The summed E-state index contributed by atoms with van der Waals surface area (Å²) >= 11 is 18.6. The number of unbranched alkanes of at least 4 members (excludes halogenated alkanes) is 3. The summed E-state index contributed by atoms with van der Waals surface area (Å²) < 4.78 is 12.8. The number of halogens is 4. The highest BCUT2D eigenvalue weighted by Gasteiger charge is 2.16. The summed E-state index contributed by atoms with van der Waals surface area (Å²) in [7, 11) is 0. The molecule has 2 rings (SSSR count). The minimum absolute atomic E-state index is 0.171. The molecule has 0 saturated carbocycles. The zero-order valence-electron chi connectivity index (χ0n) is 19.0. The van der Waals surface area contributed by atoms with Crippen molar-refractivity contribution in [2.24, 2.45) is 0 Å². The van der Waals surface area contributed by atoms with E-state index in [-0.39, 0.29) is 11.8 Å². The molecule has 0 aromatic heterocycles. The van der Waals surface area contributed by atoms with Crippen LogP contribution in [0.1, 0.15) is 39.5 Å². The molecule has 0 aliphatic rings. The molecule has 2 aromatic rings. The number of hydrogen-bond acceptors (Lipinski definition) is 4. The fourth-order valence-electron chi connectivity index (χ4n) is 2.94. The third-order valence-corrected chi connectivity index (χ3v) is 6.55. The van der Waals surface area contributed by atoms with Gasteiger partial charge in [-0.3, -0.25) is 9.59 Å². The first-order valence-corrected chi connectivity index (χ1v) is 13.3.